The number of rotatable bonds is 11. The van der Waals surface area contributed by atoms with Gasteiger partial charge in [0.15, 0.2) is 0 Å². The molecule has 3 N–H and O–H groups in total. The Balaban J connectivity index is 1.12. The molecule has 0 bridgehead atoms. The summed E-state index contributed by atoms with van der Waals surface area (Å²) in [5, 5.41) is 23.3. The summed E-state index contributed by atoms with van der Waals surface area (Å²) in [5.74, 6) is 3.62. The van der Waals surface area contributed by atoms with Crippen molar-refractivity contribution in [3.63, 3.8) is 0 Å². The largest absolute Gasteiger partial charge is 0.494 e. The smallest absolute Gasteiger partial charge is 0.303 e. The maximum absolute atomic E-state index is 14.4. The van der Waals surface area contributed by atoms with Crippen molar-refractivity contribution in [3.8, 4) is 5.75 Å². The summed E-state index contributed by atoms with van der Waals surface area (Å²) in [7, 11) is 0. The molecule has 5 aliphatic carbocycles. The number of fused-ring (bicyclic) bond motifs is 7. The highest BCUT2D eigenvalue weighted by molar-refractivity contribution is 5.83. The van der Waals surface area contributed by atoms with Gasteiger partial charge in [0.25, 0.3) is 0 Å². The lowest BCUT2D eigenvalue weighted by Gasteiger charge is -2.69. The lowest BCUT2D eigenvalue weighted by molar-refractivity contribution is -0.216. The molecule has 6 heteroatoms. The molecular formula is C42H63NO5. The first-order valence-electron chi connectivity index (χ1n) is 19.3. The zero-order valence-electron chi connectivity index (χ0n) is 30.5. The first-order chi connectivity index (χ1) is 22.7. The maximum atomic E-state index is 14.4. The van der Waals surface area contributed by atoms with Crippen molar-refractivity contribution in [1.29, 1.82) is 0 Å². The van der Waals surface area contributed by atoms with Crippen molar-refractivity contribution >= 4 is 11.9 Å². The average molecular weight is 662 g/mol. The van der Waals surface area contributed by atoms with E-state index in [1.165, 1.54) is 36.8 Å². The van der Waals surface area contributed by atoms with E-state index in [1.807, 2.05) is 12.1 Å². The number of hydrogen-bond donors (Lipinski definition) is 3. The van der Waals surface area contributed by atoms with Gasteiger partial charge in [-0.3, -0.25) is 9.59 Å². The second kappa shape index (κ2) is 13.4. The number of unbranched alkanes of at least 4 members (excludes halogenated alkanes) is 1. The second-order valence-electron chi connectivity index (χ2n) is 17.9. The monoisotopic (exact) mass is 661 g/mol. The third-order valence-corrected chi connectivity index (χ3v) is 15.3. The van der Waals surface area contributed by atoms with Crippen molar-refractivity contribution < 1.29 is 24.5 Å². The van der Waals surface area contributed by atoms with Gasteiger partial charge in [-0.1, -0.05) is 52.0 Å². The normalized spacial score (nSPS) is 39.7. The Hall–Kier alpha value is -2.34. The van der Waals surface area contributed by atoms with Crippen molar-refractivity contribution in [3.05, 3.63) is 42.0 Å². The van der Waals surface area contributed by atoms with Crippen LogP contribution in [0.1, 0.15) is 124 Å². The van der Waals surface area contributed by atoms with E-state index in [4.69, 9.17) is 9.84 Å². The first-order valence-corrected chi connectivity index (χ1v) is 19.3. The molecule has 5 aliphatic rings. The Morgan fingerprint density at radius 2 is 1.60 bits per heavy atom. The molecule has 0 saturated heterocycles. The molecule has 1 aromatic rings. The molecule has 266 valence electrons. The van der Waals surface area contributed by atoms with Crippen molar-refractivity contribution in [2.24, 2.45) is 57.2 Å². The number of aliphatic hydroxyl groups is 1. The summed E-state index contributed by atoms with van der Waals surface area (Å²) < 4.78 is 5.79. The van der Waals surface area contributed by atoms with Crippen LogP contribution in [0.15, 0.2) is 36.4 Å². The summed E-state index contributed by atoms with van der Waals surface area (Å²) >= 11 is 0. The molecule has 0 spiro atoms. The number of carboxylic acid groups (broad SMARTS) is 1. The van der Waals surface area contributed by atoms with Gasteiger partial charge >= 0.3 is 5.97 Å². The summed E-state index contributed by atoms with van der Waals surface area (Å²) in [6.07, 6.45) is 13.4. The van der Waals surface area contributed by atoms with Gasteiger partial charge < -0.3 is 20.3 Å². The van der Waals surface area contributed by atoms with E-state index in [0.29, 0.717) is 60.5 Å². The molecular weight excluding hydrogens is 598 g/mol. The number of amides is 1. The number of nitrogens with one attached hydrogen (secondary N) is 1. The standard InChI is InChI=1S/C42H63NO5/c1-27(2)30-16-23-42(38(47)43-25-20-28-10-12-29(13-11-28)48-26-8-7-9-36(45)46)24-17-32-31(37(30)42)14-15-34-40(32,5)21-18-33-39(3,4)35(44)19-22-41(33,34)6/h10-13,30-35,37,44H,1,7-9,14-26H2,2-6H3,(H,43,47)(H,45,46). The number of carbonyl (C=O) groups is 2. The predicted octanol–water partition coefficient (Wildman–Crippen LogP) is 8.61. The van der Waals surface area contributed by atoms with E-state index in [1.54, 1.807) is 0 Å². The molecule has 5 fully saturated rings. The molecule has 0 heterocycles. The van der Waals surface area contributed by atoms with Crippen LogP contribution in [0.25, 0.3) is 0 Å². The molecule has 1 aromatic carbocycles. The maximum Gasteiger partial charge on any atom is 0.303 e. The van der Waals surface area contributed by atoms with Gasteiger partial charge in [0.05, 0.1) is 18.1 Å². The Labute approximate surface area is 289 Å². The van der Waals surface area contributed by atoms with Crippen LogP contribution >= 0.6 is 0 Å². The van der Waals surface area contributed by atoms with Gasteiger partial charge in [0, 0.05) is 13.0 Å². The quantitative estimate of drug-likeness (QED) is 0.163. The second-order valence-corrected chi connectivity index (χ2v) is 17.9. The molecule has 10 atom stereocenters. The number of benzene rings is 1. The number of aliphatic hydroxyl groups excluding tert-OH is 1. The highest BCUT2D eigenvalue weighted by Crippen LogP contribution is 2.73. The summed E-state index contributed by atoms with van der Waals surface area (Å²) in [6, 6.07) is 8.08. The van der Waals surface area contributed by atoms with Crippen LogP contribution < -0.4 is 10.1 Å². The van der Waals surface area contributed by atoms with Gasteiger partial charge in [0.1, 0.15) is 5.75 Å². The Morgan fingerprint density at radius 1 is 0.896 bits per heavy atom. The van der Waals surface area contributed by atoms with Crippen LogP contribution in [0.3, 0.4) is 0 Å². The van der Waals surface area contributed by atoms with Crippen molar-refractivity contribution in [2.75, 3.05) is 13.2 Å². The number of carboxylic acids is 1. The fraction of sp³-hybridized carbons (Fsp3) is 0.762. The van der Waals surface area contributed by atoms with Crippen molar-refractivity contribution in [2.45, 2.75) is 131 Å². The zero-order chi connectivity index (χ0) is 34.5. The van der Waals surface area contributed by atoms with Crippen LogP contribution in [0.5, 0.6) is 5.75 Å². The lowest BCUT2D eigenvalue weighted by atomic mass is 9.36. The summed E-state index contributed by atoms with van der Waals surface area (Å²) in [5.41, 5.74) is 2.71. The molecule has 5 saturated carbocycles. The number of allylic oxidation sites excluding steroid dienone is 1. The number of aliphatic carboxylic acids is 1. The minimum Gasteiger partial charge on any atom is -0.494 e. The lowest BCUT2D eigenvalue weighted by Crippen LogP contribution is -2.64. The highest BCUT2D eigenvalue weighted by atomic mass is 16.5. The van der Waals surface area contributed by atoms with E-state index in [-0.39, 0.29) is 34.7 Å². The third-order valence-electron chi connectivity index (χ3n) is 15.3. The van der Waals surface area contributed by atoms with Gasteiger partial charge in [-0.25, -0.2) is 0 Å². The van der Waals surface area contributed by atoms with E-state index < -0.39 is 5.97 Å². The minimum absolute atomic E-state index is 0.0260. The van der Waals surface area contributed by atoms with Crippen LogP contribution in [0, 0.1) is 57.2 Å². The third kappa shape index (κ3) is 6.04. The fourth-order valence-corrected chi connectivity index (χ4v) is 13.0. The molecule has 6 nitrogen and oxygen atoms in total. The molecule has 6 rings (SSSR count). The molecule has 10 unspecified atom stereocenters. The zero-order valence-corrected chi connectivity index (χ0v) is 30.5. The number of hydrogen-bond acceptors (Lipinski definition) is 4. The summed E-state index contributed by atoms with van der Waals surface area (Å²) in [6.45, 7) is 17.7. The Morgan fingerprint density at radius 3 is 2.31 bits per heavy atom. The number of carbonyl (C=O) groups excluding carboxylic acids is 1. The van der Waals surface area contributed by atoms with E-state index >= 15 is 0 Å². The van der Waals surface area contributed by atoms with E-state index in [2.05, 4.69) is 58.6 Å². The predicted molar refractivity (Wildman–Crippen MR) is 190 cm³/mol. The van der Waals surface area contributed by atoms with Crippen molar-refractivity contribution in [1.82, 2.24) is 5.32 Å². The first kappa shape index (κ1) is 35.5. The molecule has 0 radical (unpaired) electrons. The average Bonchev–Trinajstić information content (AvgIpc) is 3.45. The fourth-order valence-electron chi connectivity index (χ4n) is 13.0. The molecule has 48 heavy (non-hydrogen) atoms. The van der Waals surface area contributed by atoms with Gasteiger partial charge in [-0.15, -0.1) is 0 Å². The summed E-state index contributed by atoms with van der Waals surface area (Å²) in [4.78, 5) is 25.1. The van der Waals surface area contributed by atoms with Crippen LogP contribution in [-0.4, -0.2) is 41.3 Å². The van der Waals surface area contributed by atoms with Gasteiger partial charge in [0.2, 0.25) is 5.91 Å². The number of ether oxygens (including phenoxy) is 1. The van der Waals surface area contributed by atoms with Gasteiger partial charge in [-0.05, 0) is 160 Å². The van der Waals surface area contributed by atoms with Crippen LogP contribution in [-0.2, 0) is 16.0 Å². The van der Waals surface area contributed by atoms with E-state index in [9.17, 15) is 14.7 Å². The van der Waals surface area contributed by atoms with Gasteiger partial charge in [-0.2, -0.15) is 0 Å². The topological polar surface area (TPSA) is 95.9 Å². The SMILES string of the molecule is C=C(C)C1CCC2(C(=O)NCCc3ccc(OCCCCC(=O)O)cc3)CCC3C(CCC4C3(C)CCC3C(C)(C)C(O)CCC34C)C12. The van der Waals surface area contributed by atoms with Crippen LogP contribution in [0.4, 0.5) is 0 Å². The molecule has 0 aliphatic heterocycles. The van der Waals surface area contributed by atoms with E-state index in [0.717, 1.165) is 57.1 Å². The molecule has 1 amide bonds. The minimum atomic E-state index is -0.766. The Bertz CT molecular complexity index is 1350. The molecule has 0 aromatic heterocycles. The highest BCUT2D eigenvalue weighted by Gasteiger charge is 2.68. The van der Waals surface area contributed by atoms with Crippen LogP contribution in [0.2, 0.25) is 0 Å². The Kier molecular flexibility index (Phi) is 9.92.